The molecule has 144 heavy (non-hydrogen) atoms. The van der Waals surface area contributed by atoms with Gasteiger partial charge >= 0.3 is 18.1 Å². The number of benzene rings is 9. The Morgan fingerprint density at radius 1 is 0.424 bits per heavy atom. The predicted molar refractivity (Wildman–Crippen MR) is 549 cm³/mol. The van der Waals surface area contributed by atoms with Crippen molar-refractivity contribution in [3.8, 4) is 0 Å². The second-order valence-electron chi connectivity index (χ2n) is 36.0. The third kappa shape index (κ3) is 40.1. The van der Waals surface area contributed by atoms with Crippen molar-refractivity contribution in [2.45, 2.75) is 200 Å². The zero-order valence-corrected chi connectivity index (χ0v) is 83.9. The summed E-state index contributed by atoms with van der Waals surface area (Å²) in [6.07, 6.45) is 2.63. The monoisotopic (exact) mass is 1990 g/mol. The number of hydrazine groups is 1. The number of oxime groups is 1. The van der Waals surface area contributed by atoms with E-state index in [-0.39, 0.29) is 88.5 Å². The van der Waals surface area contributed by atoms with Gasteiger partial charge in [0.25, 0.3) is 11.6 Å². The molecule has 35 heteroatoms. The van der Waals surface area contributed by atoms with Gasteiger partial charge in [0.05, 0.1) is 50.7 Å². The first-order valence-corrected chi connectivity index (χ1v) is 49.7. The SMILES string of the molecule is CCC(C)[C@H](NC(=O)[C@H](Cc1ccccc1)NC(=O)[C@H](Cc1ccc(CCc2ccccc2)cc1)NC(=O)[C@H](CNC(=O)NNC(=O)[C@H](CCSC)NC(=O)OC(C)(C)C)NC(=O)[C@@H](NC(=O)[C@H](COCc1ccccc1)NC(=O)[C@H](Cc1ccc(CCc2ccccc2)cc1)NC(=O)COCCOCCNC(=O)[C@@H](C)CC)C(C)OCc1ccccc1)C(=O)O/N=C(\c1ccc(C)cc1)c1ccc([N+](=O)[O-])cc1. The number of aryl methyl sites for hydroxylation is 5. The average molecular weight is 1990 g/mol. The van der Waals surface area contributed by atoms with Gasteiger partial charge in [0.2, 0.25) is 47.3 Å². The second-order valence-corrected chi connectivity index (χ2v) is 37.0. The lowest BCUT2D eigenvalue weighted by Gasteiger charge is -2.30. The Hall–Kier alpha value is -14.5. The number of hydrogen-bond acceptors (Lipinski definition) is 22. The lowest BCUT2D eigenvalue weighted by molar-refractivity contribution is -0.384. The highest BCUT2D eigenvalue weighted by atomic mass is 32.2. The van der Waals surface area contributed by atoms with Gasteiger partial charge in [0.1, 0.15) is 66.3 Å². The highest BCUT2D eigenvalue weighted by Crippen LogP contribution is 2.23. The Morgan fingerprint density at radius 2 is 0.861 bits per heavy atom. The second kappa shape index (κ2) is 60.0. The number of nitro groups is 1. The number of hydrogen-bond donors (Lipinski definition) is 12. The van der Waals surface area contributed by atoms with E-state index < -0.39 is 156 Å². The fourth-order valence-electron chi connectivity index (χ4n) is 14.8. The number of nitrogens with one attached hydrogen (secondary N) is 12. The molecule has 9 aromatic carbocycles. The van der Waals surface area contributed by atoms with E-state index in [0.29, 0.717) is 76.8 Å². The number of thioether (sulfide) groups is 1. The lowest BCUT2D eigenvalue weighted by atomic mass is 9.97. The van der Waals surface area contributed by atoms with Crippen LogP contribution in [0, 0.1) is 28.9 Å². The Kier molecular flexibility index (Phi) is 47.2. The van der Waals surface area contributed by atoms with E-state index in [1.54, 1.807) is 168 Å². The minimum atomic E-state index is -1.99. The van der Waals surface area contributed by atoms with Gasteiger partial charge in [-0.3, -0.25) is 58.7 Å². The molecule has 12 N–H and O–H groups in total. The summed E-state index contributed by atoms with van der Waals surface area (Å²) in [5.41, 5.74) is 12.3. The number of carbonyl (C=O) groups excluding carboxylic acids is 12. The summed E-state index contributed by atoms with van der Waals surface area (Å²) in [7, 11) is 0. The molecular weight excluding hydrogens is 1860 g/mol. The highest BCUT2D eigenvalue weighted by Gasteiger charge is 2.39. The molecule has 0 heterocycles. The summed E-state index contributed by atoms with van der Waals surface area (Å²) in [6.45, 7) is 13.7. The van der Waals surface area contributed by atoms with E-state index in [1.807, 2.05) is 118 Å². The van der Waals surface area contributed by atoms with Crippen LogP contribution in [0.3, 0.4) is 0 Å². The molecule has 0 aliphatic carbocycles. The van der Waals surface area contributed by atoms with Crippen LogP contribution in [0.1, 0.15) is 141 Å². The molecule has 9 aromatic rings. The smallest absolute Gasteiger partial charge is 0.408 e. The average Bonchev–Trinajstić information content (AvgIpc) is 0.833. The van der Waals surface area contributed by atoms with Crippen LogP contribution in [0.25, 0.3) is 0 Å². The highest BCUT2D eigenvalue weighted by molar-refractivity contribution is 7.98. The fourth-order valence-corrected chi connectivity index (χ4v) is 15.3. The number of amides is 12. The molecule has 0 aliphatic heterocycles. The molecule has 0 aromatic heterocycles. The van der Waals surface area contributed by atoms with Gasteiger partial charge in [-0.15, -0.1) is 0 Å². The number of nitrogens with zero attached hydrogens (tertiary/aromatic N) is 2. The van der Waals surface area contributed by atoms with E-state index in [2.05, 4.69) is 69.2 Å². The maximum Gasteiger partial charge on any atom is 0.408 e. The van der Waals surface area contributed by atoms with Crippen LogP contribution in [-0.2, 0) is 135 Å². The maximum atomic E-state index is 16.0. The number of non-ortho nitro benzene ring substituents is 1. The molecular formula is C109H134N14O20S. The normalized spacial score (nSPS) is 13.6. The molecule has 0 spiro atoms. The van der Waals surface area contributed by atoms with Gasteiger partial charge in [0.15, 0.2) is 0 Å². The first-order chi connectivity index (χ1) is 69.3. The third-order valence-corrected chi connectivity index (χ3v) is 24.2. The van der Waals surface area contributed by atoms with Crippen molar-refractivity contribution in [1.82, 2.24) is 64.0 Å². The van der Waals surface area contributed by atoms with Gasteiger partial charge in [-0.05, 0) is 153 Å². The van der Waals surface area contributed by atoms with Gasteiger partial charge in [-0.1, -0.05) is 269 Å². The molecule has 0 radical (unpaired) electrons. The van der Waals surface area contributed by atoms with Crippen molar-refractivity contribution in [2.24, 2.45) is 17.0 Å². The summed E-state index contributed by atoms with van der Waals surface area (Å²) >= 11 is 1.37. The molecule has 2 unspecified atom stereocenters. The minimum Gasteiger partial charge on any atom is -0.444 e. The molecule has 0 fully saturated rings. The zero-order valence-electron chi connectivity index (χ0n) is 83.1. The lowest BCUT2D eigenvalue weighted by Crippen LogP contribution is -2.64. The Labute approximate surface area is 845 Å². The number of rotatable bonds is 57. The molecule has 0 saturated heterocycles. The molecule has 0 saturated carbocycles. The first-order valence-electron chi connectivity index (χ1n) is 48.3. The van der Waals surface area contributed by atoms with E-state index in [4.69, 9.17) is 28.5 Å². The molecule has 0 bridgehead atoms. The topological polar surface area (TPSA) is 460 Å². The summed E-state index contributed by atoms with van der Waals surface area (Å²) in [5.74, 6) is -9.27. The van der Waals surface area contributed by atoms with Crippen LogP contribution in [0.2, 0.25) is 0 Å². The number of ether oxygens (including phenoxy) is 5. The van der Waals surface area contributed by atoms with Crippen molar-refractivity contribution < 1.29 is 91.0 Å². The van der Waals surface area contributed by atoms with Crippen molar-refractivity contribution >= 4 is 94.4 Å². The van der Waals surface area contributed by atoms with Crippen LogP contribution in [-0.4, -0.2) is 200 Å². The van der Waals surface area contributed by atoms with E-state index in [0.717, 1.165) is 34.2 Å². The Morgan fingerprint density at radius 3 is 1.37 bits per heavy atom. The van der Waals surface area contributed by atoms with E-state index in [1.165, 1.54) is 43.0 Å². The van der Waals surface area contributed by atoms with E-state index in [9.17, 15) is 38.9 Å². The van der Waals surface area contributed by atoms with Crippen molar-refractivity contribution in [2.75, 3.05) is 58.1 Å². The predicted octanol–water partition coefficient (Wildman–Crippen LogP) is 10.9. The largest absolute Gasteiger partial charge is 0.444 e. The van der Waals surface area contributed by atoms with Crippen LogP contribution >= 0.6 is 11.8 Å². The standard InChI is InChI=1S/C109H134N14O20S/c1-11-73(4)95(106(133)143-122-97(85-52-38-72(3)39-53-85)86-54-56-87(57-55-86)123(136)137)118-101(128)91(64-80-32-22-15-23-33-80)113-100(127)90(66-82-50-46-79(47-51-82)43-41-77-30-20-14-21-31-77)114-102(129)92(67-111-107(134)121-120-104(131)88(58-63-144-10)117-108(135)142-109(7,8)9)115-105(132)96(75(6)141-69-84-36-26-17-27-37-84)119-103(130)93(70-140-68-83-34-24-16-25-35-83)116-99(126)89(65-81-48-44-78(45-49-81)42-40-76-28-18-13-19-29-76)112-94(124)71-139-62-61-138-60-59-110-98(125)74(5)12-2/h13-39,44-57,73-75,88-93,95-96H,11-12,40-43,58-71H2,1-10H3,(H,110,125)(H,112,124)(H,113,127)(H,114,129)(H,115,132)(H,116,126)(H,117,135)(H,118,128)(H,119,130)(H,120,131)(H2,111,121,134)/b122-97+/t73?,74-,75?,88-,89-,90-,91-,92-,93-,95-,96-/m0/s1. The van der Waals surface area contributed by atoms with Crippen LogP contribution in [0.4, 0.5) is 15.3 Å². The number of carbonyl (C=O) groups is 12. The van der Waals surface area contributed by atoms with Gasteiger partial charge in [-0.25, -0.2) is 19.8 Å². The quantitative estimate of drug-likeness (QED) is 0.00554. The Balaban J connectivity index is 1.07. The first kappa shape index (κ1) is 113. The summed E-state index contributed by atoms with van der Waals surface area (Å²) in [5, 5.41) is 43.5. The van der Waals surface area contributed by atoms with E-state index >= 15 is 28.8 Å². The maximum absolute atomic E-state index is 16.0. The molecule has 12 amide bonds. The van der Waals surface area contributed by atoms with Crippen molar-refractivity contribution in [3.63, 3.8) is 0 Å². The molecule has 34 nitrogen and oxygen atoms in total. The molecule has 0 aliphatic rings. The molecule has 11 atom stereocenters. The molecule has 766 valence electrons. The van der Waals surface area contributed by atoms with Crippen molar-refractivity contribution in [3.05, 3.63) is 326 Å². The Bertz CT molecular complexity index is 5620. The minimum absolute atomic E-state index is 0.0384. The van der Waals surface area contributed by atoms with Gasteiger partial charge in [0, 0.05) is 61.5 Å². The summed E-state index contributed by atoms with van der Waals surface area (Å²) < 4.78 is 29.5. The fraction of sp³-hybridized carbons (Fsp3) is 0.385. The third-order valence-electron chi connectivity index (χ3n) is 23.5. The molecule has 9 rings (SSSR count). The van der Waals surface area contributed by atoms with Gasteiger partial charge in [-0.2, -0.15) is 11.8 Å². The number of alkyl carbamates (subject to hydrolysis) is 1. The van der Waals surface area contributed by atoms with Crippen LogP contribution in [0.5, 0.6) is 0 Å². The van der Waals surface area contributed by atoms with Crippen LogP contribution in [0.15, 0.2) is 254 Å². The van der Waals surface area contributed by atoms with Crippen molar-refractivity contribution in [1.29, 1.82) is 0 Å². The van der Waals surface area contributed by atoms with Crippen LogP contribution < -0.4 is 64.0 Å². The number of nitro benzene ring substituents is 1. The summed E-state index contributed by atoms with van der Waals surface area (Å²) in [6, 6.07) is 59.3. The van der Waals surface area contributed by atoms with Gasteiger partial charge < -0.3 is 81.7 Å². The summed E-state index contributed by atoms with van der Waals surface area (Å²) in [4.78, 5) is 194. The zero-order chi connectivity index (χ0) is 104. The number of urea groups is 1.